The summed E-state index contributed by atoms with van der Waals surface area (Å²) < 4.78 is 10.7. The van der Waals surface area contributed by atoms with Gasteiger partial charge in [-0.25, -0.2) is 9.59 Å². The van der Waals surface area contributed by atoms with Crippen LogP contribution in [0.4, 0.5) is 4.79 Å². The number of amides is 1. The molecule has 0 aliphatic carbocycles. The smallest absolute Gasteiger partial charge is 0.411 e. The minimum Gasteiger partial charge on any atom is -0.480 e. The van der Waals surface area contributed by atoms with E-state index in [9.17, 15) is 14.7 Å². The van der Waals surface area contributed by atoms with Gasteiger partial charge in [0.05, 0.1) is 19.3 Å². The molecule has 1 N–H and O–H groups in total. The number of carboxylic acid groups (broad SMARTS) is 1. The van der Waals surface area contributed by atoms with E-state index in [4.69, 9.17) is 9.47 Å². The van der Waals surface area contributed by atoms with Gasteiger partial charge in [0.2, 0.25) is 0 Å². The molecule has 1 amide bonds. The summed E-state index contributed by atoms with van der Waals surface area (Å²) in [4.78, 5) is 25.1. The Labute approximate surface area is 145 Å². The quantitative estimate of drug-likeness (QED) is 0.838. The highest BCUT2D eigenvalue weighted by atomic mass is 16.6. The number of rotatable bonds is 7. The van der Waals surface area contributed by atoms with Crippen molar-refractivity contribution in [2.24, 2.45) is 0 Å². The first-order valence-corrected chi connectivity index (χ1v) is 8.01. The monoisotopic (exact) mass is 341 g/mol. The largest absolute Gasteiger partial charge is 0.480 e. The molecular formula is C19H19NO5. The van der Waals surface area contributed by atoms with Crippen LogP contribution in [0.1, 0.15) is 17.2 Å². The van der Waals surface area contributed by atoms with E-state index in [1.54, 1.807) is 0 Å². The fraction of sp³-hybridized carbons (Fsp3) is 0.263. The maximum atomic E-state index is 12.1. The fourth-order valence-electron chi connectivity index (χ4n) is 2.84. The molecule has 1 aliphatic rings. The van der Waals surface area contributed by atoms with Gasteiger partial charge in [-0.05, 0) is 11.1 Å². The number of carbonyl (C=O) groups excluding carboxylic acids is 1. The summed E-state index contributed by atoms with van der Waals surface area (Å²) in [5, 5.41) is 9.58. The molecule has 6 heteroatoms. The van der Waals surface area contributed by atoms with Crippen LogP contribution in [0.3, 0.4) is 0 Å². The molecule has 0 spiro atoms. The summed E-state index contributed by atoms with van der Waals surface area (Å²) in [7, 11) is 0. The molecule has 6 nitrogen and oxygen atoms in total. The predicted octanol–water partition coefficient (Wildman–Crippen LogP) is 2.85. The highest BCUT2D eigenvalue weighted by molar-refractivity contribution is 5.81. The first-order valence-electron chi connectivity index (χ1n) is 8.01. The SMILES string of the molecule is O=C(O)[C@@H](COCc1ccccc1)N1C(=O)OC[C@H]1c1ccccc1. The second-order valence-electron chi connectivity index (χ2n) is 5.77. The third kappa shape index (κ3) is 3.97. The van der Waals surface area contributed by atoms with E-state index in [0.29, 0.717) is 0 Å². The average molecular weight is 341 g/mol. The number of carboxylic acids is 1. The van der Waals surface area contributed by atoms with Crippen molar-refractivity contribution in [1.29, 1.82) is 0 Å². The van der Waals surface area contributed by atoms with Gasteiger partial charge in [0.15, 0.2) is 6.04 Å². The van der Waals surface area contributed by atoms with Crippen LogP contribution in [0.15, 0.2) is 60.7 Å². The fourth-order valence-corrected chi connectivity index (χ4v) is 2.84. The lowest BCUT2D eigenvalue weighted by atomic mass is 10.1. The van der Waals surface area contributed by atoms with Gasteiger partial charge < -0.3 is 14.6 Å². The number of nitrogens with zero attached hydrogens (tertiary/aromatic N) is 1. The van der Waals surface area contributed by atoms with Crippen LogP contribution >= 0.6 is 0 Å². The third-order valence-corrected chi connectivity index (χ3v) is 4.10. The zero-order valence-electron chi connectivity index (χ0n) is 13.6. The molecule has 3 rings (SSSR count). The van der Waals surface area contributed by atoms with Crippen molar-refractivity contribution in [2.75, 3.05) is 13.2 Å². The zero-order valence-corrected chi connectivity index (χ0v) is 13.6. The van der Waals surface area contributed by atoms with Crippen molar-refractivity contribution in [3.63, 3.8) is 0 Å². The van der Waals surface area contributed by atoms with Crippen LogP contribution in [-0.2, 0) is 20.9 Å². The minimum absolute atomic E-state index is 0.108. The van der Waals surface area contributed by atoms with Gasteiger partial charge in [0, 0.05) is 0 Å². The number of carbonyl (C=O) groups is 2. The Bertz CT molecular complexity index is 719. The van der Waals surface area contributed by atoms with Crippen molar-refractivity contribution < 1.29 is 24.2 Å². The lowest BCUT2D eigenvalue weighted by Crippen LogP contribution is -2.46. The summed E-state index contributed by atoms with van der Waals surface area (Å²) in [5.74, 6) is -1.12. The number of ether oxygens (including phenoxy) is 2. The van der Waals surface area contributed by atoms with Gasteiger partial charge in [-0.1, -0.05) is 60.7 Å². The maximum Gasteiger partial charge on any atom is 0.411 e. The molecule has 2 atom stereocenters. The van der Waals surface area contributed by atoms with Crippen molar-refractivity contribution in [1.82, 2.24) is 4.90 Å². The van der Waals surface area contributed by atoms with Gasteiger partial charge in [0.25, 0.3) is 0 Å². The Morgan fingerprint density at radius 3 is 2.44 bits per heavy atom. The summed E-state index contributed by atoms with van der Waals surface area (Å²) in [6.07, 6.45) is -0.635. The van der Waals surface area contributed by atoms with E-state index in [1.807, 2.05) is 60.7 Å². The number of benzene rings is 2. The number of hydrogen-bond donors (Lipinski definition) is 1. The summed E-state index contributed by atoms with van der Waals surface area (Å²) in [6, 6.07) is 17.2. The molecule has 130 valence electrons. The highest BCUT2D eigenvalue weighted by Crippen LogP contribution is 2.30. The van der Waals surface area contributed by atoms with E-state index in [2.05, 4.69) is 0 Å². The summed E-state index contributed by atoms with van der Waals surface area (Å²) in [5.41, 5.74) is 1.78. The van der Waals surface area contributed by atoms with E-state index in [-0.39, 0.29) is 19.8 Å². The Hall–Kier alpha value is -2.86. The summed E-state index contributed by atoms with van der Waals surface area (Å²) >= 11 is 0. The van der Waals surface area contributed by atoms with Gasteiger partial charge in [-0.2, -0.15) is 0 Å². The first kappa shape index (κ1) is 17.0. The van der Waals surface area contributed by atoms with Crippen LogP contribution in [0.5, 0.6) is 0 Å². The van der Waals surface area contributed by atoms with E-state index >= 15 is 0 Å². The van der Waals surface area contributed by atoms with E-state index < -0.39 is 24.1 Å². The highest BCUT2D eigenvalue weighted by Gasteiger charge is 2.42. The maximum absolute atomic E-state index is 12.1. The number of hydrogen-bond acceptors (Lipinski definition) is 4. The number of cyclic esters (lactones) is 1. The second kappa shape index (κ2) is 7.81. The van der Waals surface area contributed by atoms with E-state index in [0.717, 1.165) is 11.1 Å². The van der Waals surface area contributed by atoms with Gasteiger partial charge >= 0.3 is 12.1 Å². The Balaban J connectivity index is 1.71. The summed E-state index contributed by atoms with van der Waals surface area (Å²) in [6.45, 7) is 0.303. The molecule has 2 aromatic carbocycles. The number of aliphatic carboxylic acids is 1. The third-order valence-electron chi connectivity index (χ3n) is 4.10. The van der Waals surface area contributed by atoms with Crippen molar-refractivity contribution in [3.05, 3.63) is 71.8 Å². The van der Waals surface area contributed by atoms with Crippen molar-refractivity contribution in [2.45, 2.75) is 18.7 Å². The molecule has 1 aliphatic heterocycles. The van der Waals surface area contributed by atoms with Crippen LogP contribution < -0.4 is 0 Å². The molecule has 0 radical (unpaired) electrons. The van der Waals surface area contributed by atoms with Crippen LogP contribution in [0.25, 0.3) is 0 Å². The molecule has 0 unspecified atom stereocenters. The second-order valence-corrected chi connectivity index (χ2v) is 5.77. The molecule has 0 bridgehead atoms. The lowest BCUT2D eigenvalue weighted by molar-refractivity contribution is -0.145. The van der Waals surface area contributed by atoms with Gasteiger partial charge in [-0.3, -0.25) is 4.90 Å². The molecule has 0 saturated carbocycles. The Morgan fingerprint density at radius 2 is 1.80 bits per heavy atom. The normalized spacial score (nSPS) is 18.0. The van der Waals surface area contributed by atoms with Gasteiger partial charge in [0.1, 0.15) is 6.61 Å². The molecular weight excluding hydrogens is 322 g/mol. The van der Waals surface area contributed by atoms with Crippen LogP contribution in [-0.4, -0.2) is 41.3 Å². The Morgan fingerprint density at radius 1 is 1.16 bits per heavy atom. The zero-order chi connectivity index (χ0) is 17.6. The first-order chi connectivity index (χ1) is 12.2. The molecule has 1 saturated heterocycles. The molecule has 1 fully saturated rings. The molecule has 0 aromatic heterocycles. The predicted molar refractivity (Wildman–Crippen MR) is 89.9 cm³/mol. The van der Waals surface area contributed by atoms with Gasteiger partial charge in [-0.15, -0.1) is 0 Å². The van der Waals surface area contributed by atoms with Crippen molar-refractivity contribution in [3.8, 4) is 0 Å². The minimum atomic E-state index is -1.12. The molecule has 25 heavy (non-hydrogen) atoms. The molecule has 2 aromatic rings. The van der Waals surface area contributed by atoms with Crippen LogP contribution in [0, 0.1) is 0 Å². The molecule has 1 heterocycles. The van der Waals surface area contributed by atoms with Crippen molar-refractivity contribution >= 4 is 12.1 Å². The standard InChI is InChI=1S/C19H19NO5/c21-18(22)17(12-24-11-14-7-3-1-4-8-14)20-16(13-25-19(20)23)15-9-5-2-6-10-15/h1-10,16-17H,11-13H2,(H,21,22)/t16-,17+/m0/s1. The van der Waals surface area contributed by atoms with E-state index in [1.165, 1.54) is 4.90 Å². The van der Waals surface area contributed by atoms with Crippen LogP contribution in [0.2, 0.25) is 0 Å². The average Bonchev–Trinajstić information content (AvgIpc) is 3.01. The topological polar surface area (TPSA) is 76.1 Å². The lowest BCUT2D eigenvalue weighted by Gasteiger charge is -2.27. The Kier molecular flexibility index (Phi) is 5.30.